The molecule has 7 heteroatoms. The summed E-state index contributed by atoms with van der Waals surface area (Å²) in [5.74, 6) is -0.463. The van der Waals surface area contributed by atoms with Gasteiger partial charge in [-0.25, -0.2) is 9.78 Å². The van der Waals surface area contributed by atoms with Crippen LogP contribution in [0.2, 0.25) is 0 Å². The zero-order valence-corrected chi connectivity index (χ0v) is 19.9. The van der Waals surface area contributed by atoms with Gasteiger partial charge >= 0.3 is 5.97 Å². The maximum absolute atomic E-state index is 12.9. The molecule has 0 aliphatic carbocycles. The molecule has 0 aliphatic rings. The average Bonchev–Trinajstić information content (AvgIpc) is 3.05. The van der Waals surface area contributed by atoms with Crippen molar-refractivity contribution in [3.05, 3.63) is 65.5 Å². The van der Waals surface area contributed by atoms with Gasteiger partial charge in [-0.3, -0.25) is 4.79 Å². The van der Waals surface area contributed by atoms with Crippen LogP contribution in [0.1, 0.15) is 43.7 Å². The van der Waals surface area contributed by atoms with E-state index in [4.69, 9.17) is 4.74 Å². The van der Waals surface area contributed by atoms with Crippen molar-refractivity contribution >= 4 is 34.3 Å². The number of carbonyl (C=O) groups excluding carboxylic acids is 2. The molecule has 0 bridgehead atoms. The zero-order valence-electron chi connectivity index (χ0n) is 19.9. The summed E-state index contributed by atoms with van der Waals surface area (Å²) >= 11 is 0. The predicted octanol–water partition coefficient (Wildman–Crippen LogP) is 5.04. The molecule has 2 heterocycles. The van der Waals surface area contributed by atoms with Crippen molar-refractivity contribution in [2.75, 3.05) is 24.3 Å². The van der Waals surface area contributed by atoms with Gasteiger partial charge in [-0.2, -0.15) is 0 Å². The van der Waals surface area contributed by atoms with Crippen molar-refractivity contribution in [3.8, 4) is 0 Å². The number of ether oxygens (including phenoxy) is 1. The molecular weight excluding hydrogens is 416 g/mol. The fraction of sp³-hybridized carbons (Fsp3) is 0.346. The van der Waals surface area contributed by atoms with Crippen molar-refractivity contribution in [2.24, 2.45) is 5.92 Å². The van der Waals surface area contributed by atoms with Crippen LogP contribution in [0.5, 0.6) is 0 Å². The highest BCUT2D eigenvalue weighted by Crippen LogP contribution is 2.33. The quantitative estimate of drug-likeness (QED) is 0.354. The Hall–Kier alpha value is -3.61. The molecule has 0 atom stereocenters. The standard InChI is InChI=1S/C26H32N4O3/c1-17(2)11-12-27-20-14-21-23(29-22(31)13-19-9-7-6-8-10-19)24(26(32)33-5)30(16-18(3)4)25(21)28-15-20/h6-11,14-15,18,27H,12-13,16H2,1-5H3,(H,29,31). The average molecular weight is 449 g/mol. The Balaban J connectivity index is 2.08. The molecule has 33 heavy (non-hydrogen) atoms. The highest BCUT2D eigenvalue weighted by Gasteiger charge is 2.26. The number of nitrogens with one attached hydrogen (secondary N) is 2. The normalized spacial score (nSPS) is 10.8. The lowest BCUT2D eigenvalue weighted by molar-refractivity contribution is -0.115. The smallest absolute Gasteiger partial charge is 0.356 e. The number of hydrogen-bond acceptors (Lipinski definition) is 5. The highest BCUT2D eigenvalue weighted by atomic mass is 16.5. The lowest BCUT2D eigenvalue weighted by atomic mass is 10.1. The number of aromatic nitrogens is 2. The molecule has 3 aromatic rings. The van der Waals surface area contributed by atoms with Gasteiger partial charge in [0.1, 0.15) is 5.65 Å². The lowest BCUT2D eigenvalue weighted by Gasteiger charge is -2.12. The van der Waals surface area contributed by atoms with Gasteiger partial charge < -0.3 is 19.9 Å². The second-order valence-electron chi connectivity index (χ2n) is 8.69. The number of anilines is 2. The van der Waals surface area contributed by atoms with E-state index in [-0.39, 0.29) is 18.2 Å². The number of hydrogen-bond donors (Lipinski definition) is 2. The Morgan fingerprint density at radius 3 is 2.55 bits per heavy atom. The fourth-order valence-corrected chi connectivity index (χ4v) is 3.64. The van der Waals surface area contributed by atoms with Gasteiger partial charge in [0.05, 0.1) is 31.1 Å². The van der Waals surface area contributed by atoms with E-state index in [1.807, 2.05) is 54.8 Å². The van der Waals surface area contributed by atoms with Gasteiger partial charge in [0.25, 0.3) is 0 Å². The van der Waals surface area contributed by atoms with Crippen molar-refractivity contribution in [1.82, 2.24) is 9.55 Å². The van der Waals surface area contributed by atoms with Gasteiger partial charge in [0.15, 0.2) is 5.69 Å². The van der Waals surface area contributed by atoms with E-state index >= 15 is 0 Å². The molecule has 0 radical (unpaired) electrons. The molecule has 0 aliphatic heterocycles. The molecule has 1 aromatic carbocycles. The maximum atomic E-state index is 12.9. The SMILES string of the molecule is COC(=O)c1c(NC(=O)Cc2ccccc2)c2cc(NCC=C(C)C)cnc2n1CC(C)C. The molecule has 1 amide bonds. The topological polar surface area (TPSA) is 85.2 Å². The first-order valence-corrected chi connectivity index (χ1v) is 11.1. The maximum Gasteiger partial charge on any atom is 0.356 e. The van der Waals surface area contributed by atoms with E-state index in [9.17, 15) is 9.59 Å². The van der Waals surface area contributed by atoms with E-state index in [0.717, 1.165) is 11.3 Å². The molecule has 0 unspecified atom stereocenters. The van der Waals surface area contributed by atoms with E-state index < -0.39 is 5.97 Å². The summed E-state index contributed by atoms with van der Waals surface area (Å²) in [5, 5.41) is 6.99. The lowest BCUT2D eigenvalue weighted by Crippen LogP contribution is -2.19. The predicted molar refractivity (Wildman–Crippen MR) is 133 cm³/mol. The van der Waals surface area contributed by atoms with Crippen LogP contribution in [0, 0.1) is 5.92 Å². The van der Waals surface area contributed by atoms with Gasteiger partial charge in [0, 0.05) is 18.5 Å². The van der Waals surface area contributed by atoms with Crippen LogP contribution in [-0.4, -0.2) is 35.1 Å². The van der Waals surface area contributed by atoms with Crippen LogP contribution in [0.3, 0.4) is 0 Å². The third-order valence-corrected chi connectivity index (χ3v) is 5.11. The number of nitrogens with zero attached hydrogens (tertiary/aromatic N) is 2. The molecule has 0 spiro atoms. The molecule has 7 nitrogen and oxygen atoms in total. The Morgan fingerprint density at radius 2 is 1.91 bits per heavy atom. The summed E-state index contributed by atoms with van der Waals surface area (Å²) in [6, 6.07) is 11.4. The van der Waals surface area contributed by atoms with Crippen molar-refractivity contribution in [3.63, 3.8) is 0 Å². The van der Waals surface area contributed by atoms with Crippen LogP contribution in [0.4, 0.5) is 11.4 Å². The molecule has 2 aromatic heterocycles. The van der Waals surface area contributed by atoms with Gasteiger partial charge in [-0.1, -0.05) is 55.8 Å². The first-order valence-electron chi connectivity index (χ1n) is 11.1. The first-order chi connectivity index (χ1) is 15.8. The van der Waals surface area contributed by atoms with Crippen molar-refractivity contribution in [2.45, 2.75) is 40.7 Å². The van der Waals surface area contributed by atoms with Crippen LogP contribution in [0.15, 0.2) is 54.2 Å². The van der Waals surface area contributed by atoms with E-state index in [0.29, 0.717) is 35.5 Å². The van der Waals surface area contributed by atoms with Gasteiger partial charge in [0.2, 0.25) is 5.91 Å². The molecule has 2 N–H and O–H groups in total. The van der Waals surface area contributed by atoms with Gasteiger partial charge in [-0.15, -0.1) is 0 Å². The van der Waals surface area contributed by atoms with Crippen LogP contribution >= 0.6 is 0 Å². The molecule has 0 saturated carbocycles. The van der Waals surface area contributed by atoms with Crippen molar-refractivity contribution in [1.29, 1.82) is 0 Å². The Bertz CT molecular complexity index is 1160. The molecule has 3 rings (SSSR count). The van der Waals surface area contributed by atoms with E-state index in [2.05, 4.69) is 35.5 Å². The van der Waals surface area contributed by atoms with E-state index in [1.54, 1.807) is 6.20 Å². The van der Waals surface area contributed by atoms with Crippen LogP contribution in [0.25, 0.3) is 11.0 Å². The minimum Gasteiger partial charge on any atom is -0.464 e. The number of allylic oxidation sites excluding steroid dienone is 1. The van der Waals surface area contributed by atoms with E-state index in [1.165, 1.54) is 12.7 Å². The zero-order chi connectivity index (χ0) is 24.0. The molecule has 174 valence electrons. The second-order valence-corrected chi connectivity index (χ2v) is 8.69. The van der Waals surface area contributed by atoms with Gasteiger partial charge in [-0.05, 0) is 31.4 Å². The second kappa shape index (κ2) is 10.8. The number of amides is 1. The van der Waals surface area contributed by atoms with Crippen LogP contribution < -0.4 is 10.6 Å². The summed E-state index contributed by atoms with van der Waals surface area (Å²) in [5.41, 5.74) is 4.26. The summed E-state index contributed by atoms with van der Waals surface area (Å²) in [7, 11) is 1.34. The number of carbonyl (C=O) groups is 2. The Morgan fingerprint density at radius 1 is 1.18 bits per heavy atom. The third kappa shape index (κ3) is 6.00. The number of esters is 1. The molecule has 0 fully saturated rings. The minimum absolute atomic E-state index is 0.199. The summed E-state index contributed by atoms with van der Waals surface area (Å²) in [6.45, 7) is 9.43. The van der Waals surface area contributed by atoms with Crippen LogP contribution in [-0.2, 0) is 22.5 Å². The third-order valence-electron chi connectivity index (χ3n) is 5.11. The number of pyridine rings is 1. The van der Waals surface area contributed by atoms with Crippen molar-refractivity contribution < 1.29 is 14.3 Å². The highest BCUT2D eigenvalue weighted by molar-refractivity contribution is 6.11. The first kappa shape index (κ1) is 24.0. The fourth-order valence-electron chi connectivity index (χ4n) is 3.64. The minimum atomic E-state index is -0.511. The Labute approximate surface area is 194 Å². The summed E-state index contributed by atoms with van der Waals surface area (Å²) in [6.07, 6.45) is 4.02. The largest absolute Gasteiger partial charge is 0.464 e. The summed E-state index contributed by atoms with van der Waals surface area (Å²) in [4.78, 5) is 30.4. The molecular formula is C26H32N4O3. The summed E-state index contributed by atoms with van der Waals surface area (Å²) < 4.78 is 6.92. The number of benzene rings is 1. The Kier molecular flexibility index (Phi) is 7.87. The molecule has 0 saturated heterocycles. The monoisotopic (exact) mass is 448 g/mol. The number of fused-ring (bicyclic) bond motifs is 1. The number of methoxy groups -OCH3 is 1. The number of rotatable bonds is 9.